The normalized spacial score (nSPS) is 10.5. The standard InChI is InChI=1S/C14H16N2S/c1-3-4-11-5-7-12(8-6-11)13-10(2)9-15-14(17)16-13/h5-9H,3-4H2,1-2H3,(H,15,16,17). The Bertz CT molecular complexity index is 555. The maximum absolute atomic E-state index is 5.06. The fraction of sp³-hybridized carbons (Fsp3) is 0.286. The monoisotopic (exact) mass is 244 g/mol. The molecule has 2 aromatic rings. The van der Waals surface area contributed by atoms with Crippen LogP contribution in [0.15, 0.2) is 30.5 Å². The Morgan fingerprint density at radius 1 is 1.24 bits per heavy atom. The van der Waals surface area contributed by atoms with E-state index in [1.54, 1.807) is 0 Å². The number of hydrogen-bond donors (Lipinski definition) is 1. The highest BCUT2D eigenvalue weighted by Gasteiger charge is 2.02. The number of benzene rings is 1. The Labute approximate surface area is 107 Å². The van der Waals surface area contributed by atoms with Gasteiger partial charge < -0.3 is 4.98 Å². The van der Waals surface area contributed by atoms with Crippen molar-refractivity contribution in [2.24, 2.45) is 0 Å². The first kappa shape index (κ1) is 12.0. The molecule has 3 heteroatoms. The lowest BCUT2D eigenvalue weighted by Crippen LogP contribution is -1.92. The van der Waals surface area contributed by atoms with Crippen LogP contribution in [0, 0.1) is 11.7 Å². The van der Waals surface area contributed by atoms with Crippen LogP contribution in [0.5, 0.6) is 0 Å². The molecular formula is C14H16N2S. The van der Waals surface area contributed by atoms with Crippen molar-refractivity contribution in [3.8, 4) is 11.3 Å². The van der Waals surface area contributed by atoms with Gasteiger partial charge in [-0.15, -0.1) is 0 Å². The maximum Gasteiger partial charge on any atom is 0.197 e. The second kappa shape index (κ2) is 5.23. The van der Waals surface area contributed by atoms with Crippen LogP contribution in [-0.4, -0.2) is 9.97 Å². The average molecular weight is 244 g/mol. The first-order chi connectivity index (χ1) is 8.20. The highest BCUT2D eigenvalue weighted by molar-refractivity contribution is 7.71. The molecule has 0 radical (unpaired) electrons. The Morgan fingerprint density at radius 3 is 2.59 bits per heavy atom. The van der Waals surface area contributed by atoms with E-state index in [4.69, 9.17) is 12.2 Å². The van der Waals surface area contributed by atoms with Gasteiger partial charge in [0, 0.05) is 6.20 Å². The summed E-state index contributed by atoms with van der Waals surface area (Å²) in [7, 11) is 0. The minimum atomic E-state index is 0.531. The molecule has 1 N–H and O–H groups in total. The van der Waals surface area contributed by atoms with Gasteiger partial charge in [-0.25, -0.2) is 4.98 Å². The molecule has 0 aliphatic carbocycles. The molecule has 0 aliphatic heterocycles. The molecule has 0 aliphatic rings. The highest BCUT2D eigenvalue weighted by Crippen LogP contribution is 2.20. The third-order valence-electron chi connectivity index (χ3n) is 2.78. The summed E-state index contributed by atoms with van der Waals surface area (Å²) in [4.78, 5) is 7.22. The van der Waals surface area contributed by atoms with Gasteiger partial charge in [0.25, 0.3) is 0 Å². The molecule has 88 valence electrons. The van der Waals surface area contributed by atoms with Gasteiger partial charge >= 0.3 is 0 Å². The zero-order chi connectivity index (χ0) is 12.3. The highest BCUT2D eigenvalue weighted by atomic mass is 32.1. The fourth-order valence-corrected chi connectivity index (χ4v) is 2.04. The van der Waals surface area contributed by atoms with Crippen molar-refractivity contribution in [3.05, 3.63) is 46.4 Å². The van der Waals surface area contributed by atoms with E-state index in [-0.39, 0.29) is 0 Å². The number of nitrogens with zero attached hydrogens (tertiary/aromatic N) is 1. The van der Waals surface area contributed by atoms with E-state index in [0.717, 1.165) is 23.2 Å². The van der Waals surface area contributed by atoms with Crippen LogP contribution < -0.4 is 0 Å². The third kappa shape index (κ3) is 2.80. The lowest BCUT2D eigenvalue weighted by Gasteiger charge is -2.06. The molecule has 2 rings (SSSR count). The first-order valence-corrected chi connectivity index (χ1v) is 6.26. The number of rotatable bonds is 3. The molecule has 0 saturated heterocycles. The number of aromatic nitrogens is 2. The van der Waals surface area contributed by atoms with Gasteiger partial charge in [0.2, 0.25) is 0 Å². The molecule has 0 saturated carbocycles. The topological polar surface area (TPSA) is 28.7 Å². The quantitative estimate of drug-likeness (QED) is 0.825. The van der Waals surface area contributed by atoms with Gasteiger partial charge in [0.05, 0.1) is 5.69 Å². The van der Waals surface area contributed by atoms with Crippen LogP contribution in [0.25, 0.3) is 11.3 Å². The Kier molecular flexibility index (Phi) is 3.69. The van der Waals surface area contributed by atoms with Crippen LogP contribution in [0.4, 0.5) is 0 Å². The zero-order valence-electron chi connectivity index (χ0n) is 10.2. The van der Waals surface area contributed by atoms with Crippen molar-refractivity contribution in [2.45, 2.75) is 26.7 Å². The van der Waals surface area contributed by atoms with E-state index in [1.807, 2.05) is 13.1 Å². The van der Waals surface area contributed by atoms with Crippen molar-refractivity contribution in [1.82, 2.24) is 9.97 Å². The summed E-state index contributed by atoms with van der Waals surface area (Å²) in [5.41, 5.74) is 4.72. The van der Waals surface area contributed by atoms with Crippen molar-refractivity contribution >= 4 is 12.2 Å². The van der Waals surface area contributed by atoms with Crippen LogP contribution in [0.3, 0.4) is 0 Å². The van der Waals surface area contributed by atoms with Gasteiger partial charge in [-0.3, -0.25) is 0 Å². The molecule has 17 heavy (non-hydrogen) atoms. The van der Waals surface area contributed by atoms with Crippen LogP contribution >= 0.6 is 12.2 Å². The summed E-state index contributed by atoms with van der Waals surface area (Å²) in [6, 6.07) is 8.63. The molecule has 0 spiro atoms. The van der Waals surface area contributed by atoms with E-state index in [2.05, 4.69) is 41.2 Å². The van der Waals surface area contributed by atoms with Crippen LogP contribution in [0.2, 0.25) is 0 Å². The average Bonchev–Trinajstić information content (AvgIpc) is 2.34. The first-order valence-electron chi connectivity index (χ1n) is 5.86. The minimum Gasteiger partial charge on any atom is -0.330 e. The number of aryl methyl sites for hydroxylation is 2. The Balaban J connectivity index is 2.39. The largest absolute Gasteiger partial charge is 0.330 e. The molecule has 0 atom stereocenters. The van der Waals surface area contributed by atoms with Gasteiger partial charge in [0.1, 0.15) is 0 Å². The van der Waals surface area contributed by atoms with Crippen molar-refractivity contribution in [3.63, 3.8) is 0 Å². The van der Waals surface area contributed by atoms with Crippen molar-refractivity contribution in [2.75, 3.05) is 0 Å². The maximum atomic E-state index is 5.06. The second-order valence-corrected chi connectivity index (χ2v) is 4.58. The summed E-state index contributed by atoms with van der Waals surface area (Å²) >= 11 is 5.06. The van der Waals surface area contributed by atoms with E-state index in [1.165, 1.54) is 12.0 Å². The SMILES string of the molecule is CCCc1ccc(-c2[nH]c(=S)ncc2C)cc1. The molecular weight excluding hydrogens is 228 g/mol. The van der Waals surface area contributed by atoms with Gasteiger partial charge in [-0.05, 0) is 42.3 Å². The summed E-state index contributed by atoms with van der Waals surface area (Å²) in [6.45, 7) is 4.23. The van der Waals surface area contributed by atoms with Gasteiger partial charge in [0.15, 0.2) is 4.77 Å². The molecule has 2 nitrogen and oxygen atoms in total. The van der Waals surface area contributed by atoms with Crippen molar-refractivity contribution in [1.29, 1.82) is 0 Å². The fourth-order valence-electron chi connectivity index (χ4n) is 1.88. The van der Waals surface area contributed by atoms with Crippen molar-refractivity contribution < 1.29 is 0 Å². The number of H-pyrrole nitrogens is 1. The molecule has 0 bridgehead atoms. The lowest BCUT2D eigenvalue weighted by molar-refractivity contribution is 0.922. The summed E-state index contributed by atoms with van der Waals surface area (Å²) in [5, 5.41) is 0. The lowest BCUT2D eigenvalue weighted by atomic mass is 10.0. The molecule has 1 aromatic carbocycles. The van der Waals surface area contributed by atoms with Gasteiger partial charge in [-0.1, -0.05) is 37.6 Å². The summed E-state index contributed by atoms with van der Waals surface area (Å²) < 4.78 is 0.531. The molecule has 1 aromatic heterocycles. The number of nitrogens with one attached hydrogen (secondary N) is 1. The Hall–Kier alpha value is -1.48. The van der Waals surface area contributed by atoms with Crippen LogP contribution in [-0.2, 0) is 6.42 Å². The zero-order valence-corrected chi connectivity index (χ0v) is 11.0. The Morgan fingerprint density at radius 2 is 1.94 bits per heavy atom. The number of aromatic amines is 1. The van der Waals surface area contributed by atoms with E-state index in [9.17, 15) is 0 Å². The molecule has 1 heterocycles. The second-order valence-electron chi connectivity index (χ2n) is 4.19. The minimum absolute atomic E-state index is 0.531. The van der Waals surface area contributed by atoms with Gasteiger partial charge in [-0.2, -0.15) is 0 Å². The number of hydrogen-bond acceptors (Lipinski definition) is 2. The summed E-state index contributed by atoms with van der Waals surface area (Å²) in [6.07, 6.45) is 4.12. The smallest absolute Gasteiger partial charge is 0.197 e. The predicted octanol–water partition coefficient (Wildman–Crippen LogP) is 4.07. The van der Waals surface area contributed by atoms with E-state index >= 15 is 0 Å². The predicted molar refractivity (Wildman–Crippen MR) is 73.6 cm³/mol. The molecule has 0 fully saturated rings. The van der Waals surface area contributed by atoms with Crippen LogP contribution in [0.1, 0.15) is 24.5 Å². The van der Waals surface area contributed by atoms with E-state index < -0.39 is 0 Å². The third-order valence-corrected chi connectivity index (χ3v) is 2.99. The van der Waals surface area contributed by atoms with E-state index in [0.29, 0.717) is 4.77 Å². The molecule has 0 amide bonds. The molecule has 0 unspecified atom stereocenters. The summed E-state index contributed by atoms with van der Waals surface area (Å²) in [5.74, 6) is 0.